The number of hydrogen-bond donors (Lipinski definition) is 1. The fourth-order valence-corrected chi connectivity index (χ4v) is 5.88. The molecule has 0 bridgehead atoms. The first-order chi connectivity index (χ1) is 13.0. The van der Waals surface area contributed by atoms with Crippen LogP contribution < -0.4 is 5.32 Å². The van der Waals surface area contributed by atoms with Gasteiger partial charge in [-0.1, -0.05) is 23.7 Å². The number of halogens is 1. The summed E-state index contributed by atoms with van der Waals surface area (Å²) >= 11 is 6.33. The molecule has 1 aromatic rings. The lowest BCUT2D eigenvalue weighted by atomic mass is 9.75. The van der Waals surface area contributed by atoms with E-state index in [1.807, 2.05) is 6.07 Å². The molecule has 3 fully saturated rings. The van der Waals surface area contributed by atoms with E-state index in [2.05, 4.69) is 10.2 Å². The second kappa shape index (κ2) is 5.77. The van der Waals surface area contributed by atoms with Crippen LogP contribution in [0.4, 0.5) is 5.69 Å². The van der Waals surface area contributed by atoms with E-state index in [1.165, 1.54) is 12.0 Å². The molecule has 27 heavy (non-hydrogen) atoms. The van der Waals surface area contributed by atoms with Gasteiger partial charge in [0.2, 0.25) is 11.8 Å². The van der Waals surface area contributed by atoms with E-state index in [9.17, 15) is 14.4 Å². The van der Waals surface area contributed by atoms with Gasteiger partial charge in [-0.3, -0.25) is 24.2 Å². The van der Waals surface area contributed by atoms with E-state index in [0.717, 1.165) is 12.8 Å². The molecule has 4 aliphatic rings. The molecule has 3 saturated heterocycles. The van der Waals surface area contributed by atoms with Crippen LogP contribution in [0.2, 0.25) is 5.02 Å². The van der Waals surface area contributed by atoms with Gasteiger partial charge in [-0.25, -0.2) is 0 Å². The van der Waals surface area contributed by atoms with Crippen molar-refractivity contribution in [1.29, 1.82) is 0 Å². The first-order valence-electron chi connectivity index (χ1n) is 9.24. The van der Waals surface area contributed by atoms with Gasteiger partial charge >= 0.3 is 0 Å². The van der Waals surface area contributed by atoms with Crippen molar-refractivity contribution in [2.75, 3.05) is 32.1 Å². The molecule has 1 N–H and O–H groups in total. The van der Waals surface area contributed by atoms with E-state index in [-0.39, 0.29) is 36.9 Å². The number of benzene rings is 1. The van der Waals surface area contributed by atoms with Gasteiger partial charge < -0.3 is 10.1 Å². The predicted octanol–water partition coefficient (Wildman–Crippen LogP) is 1.21. The number of nitrogens with zero attached hydrogens (tertiary/aromatic N) is 2. The lowest BCUT2D eigenvalue weighted by molar-refractivity contribution is -0.146. The molecule has 142 valence electrons. The van der Waals surface area contributed by atoms with Crippen molar-refractivity contribution < 1.29 is 19.1 Å². The van der Waals surface area contributed by atoms with E-state index < -0.39 is 17.4 Å². The Morgan fingerprint density at radius 3 is 2.89 bits per heavy atom. The molecule has 0 aromatic heterocycles. The maximum Gasteiger partial charge on any atom is 0.250 e. The molecule has 0 saturated carbocycles. The van der Waals surface area contributed by atoms with Crippen LogP contribution in [0.3, 0.4) is 0 Å². The molecule has 1 spiro atoms. The van der Waals surface area contributed by atoms with Crippen LogP contribution in [-0.2, 0) is 24.7 Å². The molecule has 5 rings (SSSR count). The average molecular weight is 390 g/mol. The number of rotatable bonds is 3. The zero-order valence-electron chi connectivity index (χ0n) is 14.9. The molecule has 7 nitrogen and oxygen atoms in total. The minimum atomic E-state index is -1.15. The number of carbonyl (C=O) groups excluding carboxylic acids is 3. The Morgan fingerprint density at radius 1 is 1.30 bits per heavy atom. The van der Waals surface area contributed by atoms with Crippen LogP contribution in [0.25, 0.3) is 0 Å². The number of para-hydroxylation sites is 1. The summed E-state index contributed by atoms with van der Waals surface area (Å²) in [6.07, 6.45) is 1.71. The smallest absolute Gasteiger partial charge is 0.250 e. The summed E-state index contributed by atoms with van der Waals surface area (Å²) in [5, 5.41) is 3.35. The van der Waals surface area contributed by atoms with E-state index in [1.54, 1.807) is 12.1 Å². The largest absolute Gasteiger partial charge is 0.383 e. The van der Waals surface area contributed by atoms with E-state index in [0.29, 0.717) is 22.8 Å². The Kier molecular flexibility index (Phi) is 3.67. The fourth-order valence-electron chi connectivity index (χ4n) is 5.66. The number of methoxy groups -OCH3 is 1. The van der Waals surface area contributed by atoms with Gasteiger partial charge in [0.15, 0.2) is 0 Å². The number of imide groups is 1. The van der Waals surface area contributed by atoms with Gasteiger partial charge in [0.25, 0.3) is 5.91 Å². The summed E-state index contributed by atoms with van der Waals surface area (Å²) in [5.74, 6) is -1.92. The molecule has 4 heterocycles. The summed E-state index contributed by atoms with van der Waals surface area (Å²) in [6, 6.07) is 5.27. The SMILES string of the molecule is COCCN1C(=O)C2C3CCCN3C3(C(=O)Nc4c(Cl)cccc43)C2C1=O. The average Bonchev–Trinajstić information content (AvgIpc) is 3.34. The Hall–Kier alpha value is -1.96. The molecule has 4 unspecified atom stereocenters. The number of anilines is 1. The van der Waals surface area contributed by atoms with Crippen molar-refractivity contribution in [1.82, 2.24) is 9.80 Å². The van der Waals surface area contributed by atoms with Crippen LogP contribution in [0.15, 0.2) is 18.2 Å². The molecule has 3 amide bonds. The highest BCUT2D eigenvalue weighted by atomic mass is 35.5. The van der Waals surface area contributed by atoms with Gasteiger partial charge in [-0.05, 0) is 25.5 Å². The monoisotopic (exact) mass is 389 g/mol. The minimum absolute atomic E-state index is 0.102. The van der Waals surface area contributed by atoms with Crippen molar-refractivity contribution in [3.05, 3.63) is 28.8 Å². The number of hydrogen-bond acceptors (Lipinski definition) is 5. The standard InChI is InChI=1S/C19H20ClN3O4/c1-27-9-8-22-16(24)13-12-6-3-7-23(12)19(14(13)17(22)25)10-4-2-5-11(20)15(10)21-18(19)26/h2,4-5,12-14H,3,6-9H2,1H3,(H,21,26). The number of fused-ring (bicyclic) bond motifs is 7. The van der Waals surface area contributed by atoms with Crippen LogP contribution in [0, 0.1) is 11.8 Å². The quantitative estimate of drug-likeness (QED) is 0.786. The first-order valence-corrected chi connectivity index (χ1v) is 9.62. The van der Waals surface area contributed by atoms with Gasteiger partial charge in [0.1, 0.15) is 5.54 Å². The van der Waals surface area contributed by atoms with Crippen LogP contribution in [0.1, 0.15) is 18.4 Å². The minimum Gasteiger partial charge on any atom is -0.383 e. The molecular formula is C19H20ClN3O4. The first kappa shape index (κ1) is 17.2. The molecule has 4 aliphatic heterocycles. The maximum absolute atomic E-state index is 13.3. The maximum atomic E-state index is 13.3. The molecule has 1 aromatic carbocycles. The van der Waals surface area contributed by atoms with E-state index >= 15 is 0 Å². The molecular weight excluding hydrogens is 370 g/mol. The van der Waals surface area contributed by atoms with Crippen molar-refractivity contribution in [2.24, 2.45) is 11.8 Å². The van der Waals surface area contributed by atoms with Crippen LogP contribution in [-0.4, -0.2) is 60.4 Å². The van der Waals surface area contributed by atoms with Gasteiger partial charge in [-0.2, -0.15) is 0 Å². The molecule has 0 aliphatic carbocycles. The summed E-state index contributed by atoms with van der Waals surface area (Å²) in [7, 11) is 1.54. The highest BCUT2D eigenvalue weighted by Crippen LogP contribution is 2.60. The van der Waals surface area contributed by atoms with Crippen molar-refractivity contribution >= 4 is 35.0 Å². The number of amides is 3. The van der Waals surface area contributed by atoms with Crippen LogP contribution in [0.5, 0.6) is 0 Å². The third kappa shape index (κ3) is 1.92. The Labute approximate surface area is 161 Å². The number of nitrogens with one attached hydrogen (secondary N) is 1. The lowest BCUT2D eigenvalue weighted by Gasteiger charge is -2.36. The van der Waals surface area contributed by atoms with Crippen molar-refractivity contribution in [3.63, 3.8) is 0 Å². The third-order valence-electron chi connectivity index (χ3n) is 6.59. The summed E-state index contributed by atoms with van der Waals surface area (Å²) in [4.78, 5) is 43.2. The molecule has 0 radical (unpaired) electrons. The summed E-state index contributed by atoms with van der Waals surface area (Å²) in [5.41, 5.74) is 0.126. The zero-order chi connectivity index (χ0) is 18.9. The van der Waals surface area contributed by atoms with Crippen LogP contribution >= 0.6 is 11.6 Å². The highest BCUT2D eigenvalue weighted by Gasteiger charge is 2.74. The van der Waals surface area contributed by atoms with Crippen molar-refractivity contribution in [2.45, 2.75) is 24.4 Å². The van der Waals surface area contributed by atoms with Gasteiger partial charge in [-0.15, -0.1) is 0 Å². The molecule has 4 atom stereocenters. The van der Waals surface area contributed by atoms with Gasteiger partial charge in [0, 0.05) is 18.7 Å². The number of likely N-dealkylation sites (tertiary alicyclic amines) is 1. The Balaban J connectivity index is 1.70. The number of ether oxygens (including phenoxy) is 1. The zero-order valence-corrected chi connectivity index (χ0v) is 15.7. The van der Waals surface area contributed by atoms with E-state index in [4.69, 9.17) is 16.3 Å². The topological polar surface area (TPSA) is 79.0 Å². The second-order valence-electron chi connectivity index (χ2n) is 7.61. The molecule has 8 heteroatoms. The summed E-state index contributed by atoms with van der Waals surface area (Å²) in [6.45, 7) is 1.19. The second-order valence-corrected chi connectivity index (χ2v) is 8.02. The lowest BCUT2D eigenvalue weighted by Crippen LogP contribution is -2.54. The highest BCUT2D eigenvalue weighted by molar-refractivity contribution is 6.35. The van der Waals surface area contributed by atoms with Crippen molar-refractivity contribution in [3.8, 4) is 0 Å². The predicted molar refractivity (Wildman–Crippen MR) is 97.1 cm³/mol. The van der Waals surface area contributed by atoms with Gasteiger partial charge in [0.05, 0.1) is 35.7 Å². The number of carbonyl (C=O) groups is 3. The fraction of sp³-hybridized carbons (Fsp3) is 0.526. The third-order valence-corrected chi connectivity index (χ3v) is 6.90. The summed E-state index contributed by atoms with van der Waals surface area (Å²) < 4.78 is 5.07. The normalized spacial score (nSPS) is 34.4. The Bertz CT molecular complexity index is 875. The Morgan fingerprint density at radius 2 is 2.11 bits per heavy atom.